The van der Waals surface area contributed by atoms with E-state index in [9.17, 15) is 19.2 Å². The van der Waals surface area contributed by atoms with E-state index in [-0.39, 0.29) is 21.9 Å². The zero-order chi connectivity index (χ0) is 28.1. The first-order valence-corrected chi connectivity index (χ1v) is 12.9. The molecular formula is C30H28ClN3O5. The average Bonchev–Trinajstić information content (AvgIpc) is 3.11. The number of hydrogen-bond donors (Lipinski definition) is 2. The predicted molar refractivity (Wildman–Crippen MR) is 151 cm³/mol. The monoisotopic (exact) mass is 545 g/mol. The third kappa shape index (κ3) is 6.18. The van der Waals surface area contributed by atoms with Gasteiger partial charge in [-0.15, -0.1) is 0 Å². The molecule has 9 heteroatoms. The van der Waals surface area contributed by atoms with Crippen LogP contribution in [0, 0.1) is 13.8 Å². The summed E-state index contributed by atoms with van der Waals surface area (Å²) in [7, 11) is 0. The number of ether oxygens (including phenoxy) is 1. The number of nitrogens with one attached hydrogen (secondary N) is 2. The van der Waals surface area contributed by atoms with Crippen molar-refractivity contribution in [3.8, 4) is 0 Å². The number of nitrogens with zero attached hydrogens (tertiary/aromatic N) is 1. The highest BCUT2D eigenvalue weighted by atomic mass is 35.5. The van der Waals surface area contributed by atoms with Crippen LogP contribution in [0.15, 0.2) is 77.5 Å². The Bertz CT molecular complexity index is 1480. The lowest BCUT2D eigenvalue weighted by atomic mass is 10.1. The average molecular weight is 546 g/mol. The van der Waals surface area contributed by atoms with E-state index in [1.807, 2.05) is 26.8 Å². The minimum atomic E-state index is -0.634. The first kappa shape index (κ1) is 27.6. The molecule has 3 aromatic rings. The van der Waals surface area contributed by atoms with E-state index in [0.29, 0.717) is 23.7 Å². The molecule has 0 radical (unpaired) electrons. The first-order valence-electron chi connectivity index (χ1n) is 12.5. The second-order valence-electron chi connectivity index (χ2n) is 9.18. The summed E-state index contributed by atoms with van der Waals surface area (Å²) < 4.78 is 5.29. The Kier molecular flexibility index (Phi) is 8.46. The normalized spacial score (nSPS) is 13.1. The Balaban J connectivity index is 1.51. The molecular weight excluding hydrogens is 518 g/mol. The molecule has 4 rings (SSSR count). The van der Waals surface area contributed by atoms with Gasteiger partial charge in [0.1, 0.15) is 10.7 Å². The fourth-order valence-corrected chi connectivity index (χ4v) is 4.37. The van der Waals surface area contributed by atoms with Crippen molar-refractivity contribution >= 4 is 52.4 Å². The zero-order valence-corrected chi connectivity index (χ0v) is 22.6. The van der Waals surface area contributed by atoms with Crippen molar-refractivity contribution in [1.82, 2.24) is 0 Å². The number of hydrogen-bond acceptors (Lipinski definition) is 6. The van der Waals surface area contributed by atoms with Crippen molar-refractivity contribution in [3.63, 3.8) is 0 Å². The summed E-state index contributed by atoms with van der Waals surface area (Å²) in [5.74, 6) is -2.22. The molecule has 0 atom stereocenters. The number of anilines is 3. The molecule has 0 spiro atoms. The molecule has 1 aliphatic heterocycles. The van der Waals surface area contributed by atoms with Crippen molar-refractivity contribution in [2.45, 2.75) is 33.6 Å². The van der Waals surface area contributed by atoms with Crippen molar-refractivity contribution in [3.05, 3.63) is 99.7 Å². The van der Waals surface area contributed by atoms with Crippen LogP contribution in [0.25, 0.3) is 0 Å². The Hall–Kier alpha value is -4.43. The third-order valence-corrected chi connectivity index (χ3v) is 6.36. The highest BCUT2D eigenvalue weighted by molar-refractivity contribution is 6.53. The molecule has 3 amide bonds. The topological polar surface area (TPSA) is 105 Å². The van der Waals surface area contributed by atoms with Crippen molar-refractivity contribution < 1.29 is 23.9 Å². The fourth-order valence-electron chi connectivity index (χ4n) is 4.16. The number of carbonyl (C=O) groups excluding carboxylic acids is 4. The predicted octanol–water partition coefficient (Wildman–Crippen LogP) is 5.95. The summed E-state index contributed by atoms with van der Waals surface area (Å²) in [6.45, 7) is 6.04. The summed E-state index contributed by atoms with van der Waals surface area (Å²) in [6, 6.07) is 18.4. The molecule has 0 saturated carbocycles. The van der Waals surface area contributed by atoms with Gasteiger partial charge in [0.05, 0.1) is 23.5 Å². The van der Waals surface area contributed by atoms with E-state index in [2.05, 4.69) is 10.6 Å². The van der Waals surface area contributed by atoms with Crippen LogP contribution in [-0.4, -0.2) is 30.3 Å². The van der Waals surface area contributed by atoms with Gasteiger partial charge in [-0.1, -0.05) is 49.2 Å². The van der Waals surface area contributed by atoms with Crippen LogP contribution >= 0.6 is 11.6 Å². The number of imide groups is 1. The third-order valence-electron chi connectivity index (χ3n) is 6.01. The maximum atomic E-state index is 13.2. The molecule has 0 fully saturated rings. The van der Waals surface area contributed by atoms with Crippen LogP contribution < -0.4 is 15.5 Å². The van der Waals surface area contributed by atoms with Crippen LogP contribution in [0.1, 0.15) is 51.6 Å². The molecule has 1 aliphatic rings. The van der Waals surface area contributed by atoms with Gasteiger partial charge < -0.3 is 15.4 Å². The molecule has 0 aliphatic carbocycles. The highest BCUT2D eigenvalue weighted by Crippen LogP contribution is 2.31. The summed E-state index contributed by atoms with van der Waals surface area (Å²) in [5.41, 5.74) is 3.34. The summed E-state index contributed by atoms with van der Waals surface area (Å²) >= 11 is 6.28. The van der Waals surface area contributed by atoms with Gasteiger partial charge in [0, 0.05) is 11.3 Å². The van der Waals surface area contributed by atoms with Gasteiger partial charge in [-0.25, -0.2) is 9.69 Å². The molecule has 8 nitrogen and oxygen atoms in total. The standard InChI is InChI=1S/C30H28ClN3O5/c1-4-5-13-39-30(38)23-11-6-7-12-24(23)33-27(35)20-9-8-10-21(17-20)32-26-25(31)28(36)34(29(26)37)22-15-18(2)14-19(3)16-22/h6-12,14-17,32H,4-5,13H2,1-3H3,(H,33,35). The smallest absolute Gasteiger partial charge is 0.340 e. The fraction of sp³-hybridized carbons (Fsp3) is 0.200. The second-order valence-corrected chi connectivity index (χ2v) is 9.55. The Morgan fingerprint density at radius 3 is 2.36 bits per heavy atom. The van der Waals surface area contributed by atoms with E-state index in [1.165, 1.54) is 6.07 Å². The summed E-state index contributed by atoms with van der Waals surface area (Å²) in [5, 5.41) is 5.40. The van der Waals surface area contributed by atoms with Gasteiger partial charge in [0.15, 0.2) is 0 Å². The lowest BCUT2D eigenvalue weighted by Gasteiger charge is -2.16. The molecule has 0 unspecified atom stereocenters. The quantitative estimate of drug-likeness (QED) is 0.196. The van der Waals surface area contributed by atoms with E-state index >= 15 is 0 Å². The zero-order valence-electron chi connectivity index (χ0n) is 21.8. The van der Waals surface area contributed by atoms with Crippen LogP contribution in [0.5, 0.6) is 0 Å². The van der Waals surface area contributed by atoms with Gasteiger partial charge in [0.25, 0.3) is 17.7 Å². The number of rotatable bonds is 9. The lowest BCUT2D eigenvalue weighted by molar-refractivity contribution is -0.120. The van der Waals surface area contributed by atoms with Gasteiger partial charge >= 0.3 is 5.97 Å². The number of amides is 3. The van der Waals surface area contributed by atoms with Crippen LogP contribution in [0.3, 0.4) is 0 Å². The highest BCUT2D eigenvalue weighted by Gasteiger charge is 2.39. The van der Waals surface area contributed by atoms with Crippen LogP contribution in [0.2, 0.25) is 0 Å². The van der Waals surface area contributed by atoms with Crippen LogP contribution in [0.4, 0.5) is 17.1 Å². The Labute approximate surface area is 231 Å². The first-order chi connectivity index (χ1) is 18.7. The number of halogens is 1. The SMILES string of the molecule is CCCCOC(=O)c1ccccc1NC(=O)c1cccc(NC2=C(Cl)C(=O)N(c3cc(C)cc(C)c3)C2=O)c1. The van der Waals surface area contributed by atoms with Crippen molar-refractivity contribution in [2.24, 2.45) is 0 Å². The lowest BCUT2D eigenvalue weighted by Crippen LogP contribution is -2.32. The minimum Gasteiger partial charge on any atom is -0.462 e. The number of para-hydroxylation sites is 1. The molecule has 0 bridgehead atoms. The molecule has 200 valence electrons. The Morgan fingerprint density at radius 2 is 1.64 bits per heavy atom. The molecule has 39 heavy (non-hydrogen) atoms. The van der Waals surface area contributed by atoms with Gasteiger partial charge in [-0.3, -0.25) is 14.4 Å². The largest absolute Gasteiger partial charge is 0.462 e. The Morgan fingerprint density at radius 1 is 0.923 bits per heavy atom. The van der Waals surface area contributed by atoms with E-state index in [1.54, 1.807) is 54.6 Å². The second kappa shape index (κ2) is 12.0. The van der Waals surface area contributed by atoms with Crippen LogP contribution in [-0.2, 0) is 14.3 Å². The maximum absolute atomic E-state index is 13.2. The summed E-state index contributed by atoms with van der Waals surface area (Å²) in [4.78, 5) is 52.6. The van der Waals surface area contributed by atoms with Gasteiger partial charge in [0.2, 0.25) is 0 Å². The van der Waals surface area contributed by atoms with Crippen molar-refractivity contribution in [1.29, 1.82) is 0 Å². The minimum absolute atomic E-state index is 0.0847. The number of unbranched alkanes of at least 4 members (excludes halogenated alkanes) is 1. The number of esters is 1. The van der Waals surface area contributed by atoms with E-state index in [0.717, 1.165) is 28.9 Å². The van der Waals surface area contributed by atoms with E-state index in [4.69, 9.17) is 16.3 Å². The van der Waals surface area contributed by atoms with Gasteiger partial charge in [-0.2, -0.15) is 0 Å². The van der Waals surface area contributed by atoms with Crippen molar-refractivity contribution in [2.75, 3.05) is 22.1 Å². The molecule has 2 N–H and O–H groups in total. The van der Waals surface area contributed by atoms with Gasteiger partial charge in [-0.05, 0) is 73.9 Å². The maximum Gasteiger partial charge on any atom is 0.340 e. The van der Waals surface area contributed by atoms with E-state index < -0.39 is 23.7 Å². The molecule has 1 heterocycles. The molecule has 3 aromatic carbocycles. The number of benzene rings is 3. The number of carbonyl (C=O) groups is 4. The number of aryl methyl sites for hydroxylation is 2. The molecule has 0 saturated heterocycles. The molecule has 0 aromatic heterocycles. The summed E-state index contributed by atoms with van der Waals surface area (Å²) in [6.07, 6.45) is 1.64.